The lowest BCUT2D eigenvalue weighted by molar-refractivity contribution is -0.0504. The smallest absolute Gasteiger partial charge is 0.387 e. The summed E-state index contributed by atoms with van der Waals surface area (Å²) in [5, 5.41) is 2.66. The summed E-state index contributed by atoms with van der Waals surface area (Å²) in [6.07, 6.45) is 0. The van der Waals surface area contributed by atoms with Gasteiger partial charge in [-0.25, -0.2) is 0 Å². The molecule has 0 spiro atoms. The van der Waals surface area contributed by atoms with Crippen LogP contribution in [0.3, 0.4) is 0 Å². The van der Waals surface area contributed by atoms with Gasteiger partial charge < -0.3 is 19.5 Å². The van der Waals surface area contributed by atoms with Crippen LogP contribution in [0.15, 0.2) is 42.5 Å². The summed E-state index contributed by atoms with van der Waals surface area (Å²) in [6, 6.07) is 11.1. The molecule has 7 heteroatoms. The summed E-state index contributed by atoms with van der Waals surface area (Å²) < 4.78 is 39.5. The highest BCUT2D eigenvalue weighted by atomic mass is 19.3. The maximum absolute atomic E-state index is 12.4. The minimum atomic E-state index is -2.93. The Morgan fingerprint density at radius 1 is 1.08 bits per heavy atom. The molecule has 0 aliphatic heterocycles. The van der Waals surface area contributed by atoms with Gasteiger partial charge in [-0.15, -0.1) is 0 Å². The Morgan fingerprint density at radius 3 is 2.50 bits per heavy atom. The van der Waals surface area contributed by atoms with Crippen LogP contribution in [0.2, 0.25) is 0 Å². The monoisotopic (exact) mass is 337 g/mol. The van der Waals surface area contributed by atoms with Crippen LogP contribution in [0.1, 0.15) is 15.9 Å². The number of alkyl halides is 2. The van der Waals surface area contributed by atoms with Gasteiger partial charge in [-0.3, -0.25) is 4.79 Å². The molecule has 0 saturated carbocycles. The van der Waals surface area contributed by atoms with E-state index in [-0.39, 0.29) is 12.3 Å². The van der Waals surface area contributed by atoms with Crippen molar-refractivity contribution in [2.45, 2.75) is 13.2 Å². The van der Waals surface area contributed by atoms with Crippen LogP contribution in [0, 0.1) is 0 Å². The van der Waals surface area contributed by atoms with Gasteiger partial charge in [-0.1, -0.05) is 18.2 Å². The third-order valence-corrected chi connectivity index (χ3v) is 3.28. The molecular weight excluding hydrogens is 320 g/mol. The number of carbonyl (C=O) groups is 1. The number of para-hydroxylation sites is 1. The van der Waals surface area contributed by atoms with Crippen molar-refractivity contribution >= 4 is 5.91 Å². The molecule has 2 rings (SSSR count). The first kappa shape index (κ1) is 17.5. The van der Waals surface area contributed by atoms with Crippen LogP contribution in [0.5, 0.6) is 17.2 Å². The third kappa shape index (κ3) is 4.34. The molecular formula is C17H17F2NO4. The Morgan fingerprint density at radius 2 is 1.83 bits per heavy atom. The van der Waals surface area contributed by atoms with E-state index in [1.807, 2.05) is 0 Å². The van der Waals surface area contributed by atoms with Crippen LogP contribution < -0.4 is 19.5 Å². The Bertz CT molecular complexity index is 707. The number of hydrogen-bond donors (Lipinski definition) is 1. The van der Waals surface area contributed by atoms with E-state index in [4.69, 9.17) is 9.47 Å². The molecule has 0 unspecified atom stereocenters. The predicted octanol–water partition coefficient (Wildman–Crippen LogP) is 3.24. The van der Waals surface area contributed by atoms with Gasteiger partial charge in [0.2, 0.25) is 0 Å². The Hall–Kier alpha value is -2.83. The molecule has 0 aliphatic carbocycles. The molecule has 0 aliphatic rings. The van der Waals surface area contributed by atoms with E-state index in [0.717, 1.165) is 0 Å². The molecule has 0 heterocycles. The van der Waals surface area contributed by atoms with Crippen molar-refractivity contribution in [1.29, 1.82) is 0 Å². The number of amides is 1. The average Bonchev–Trinajstić information content (AvgIpc) is 2.59. The van der Waals surface area contributed by atoms with Crippen molar-refractivity contribution in [2.75, 3.05) is 14.2 Å². The van der Waals surface area contributed by atoms with Gasteiger partial charge in [-0.05, 0) is 18.2 Å². The number of benzene rings is 2. The van der Waals surface area contributed by atoms with Crippen molar-refractivity contribution < 1.29 is 27.8 Å². The highest BCUT2D eigenvalue weighted by molar-refractivity contribution is 5.97. The van der Waals surface area contributed by atoms with Crippen molar-refractivity contribution in [2.24, 2.45) is 0 Å². The first-order valence-corrected chi connectivity index (χ1v) is 7.08. The lowest BCUT2D eigenvalue weighted by atomic mass is 10.1. The van der Waals surface area contributed by atoms with Gasteiger partial charge in [0, 0.05) is 18.2 Å². The van der Waals surface area contributed by atoms with Crippen molar-refractivity contribution in [1.82, 2.24) is 5.32 Å². The number of methoxy groups -OCH3 is 2. The largest absolute Gasteiger partial charge is 0.497 e. The first-order chi connectivity index (χ1) is 11.5. The summed E-state index contributed by atoms with van der Waals surface area (Å²) in [7, 11) is 2.95. The maximum atomic E-state index is 12.4. The van der Waals surface area contributed by atoms with Gasteiger partial charge in [0.15, 0.2) is 0 Å². The number of halogens is 2. The summed E-state index contributed by atoms with van der Waals surface area (Å²) in [6.45, 7) is -2.89. The standard InChI is InChI=1S/C17H17F2NO4/c1-22-12-7-8-13(15(9-12)23-2)16(21)20-10-11-5-3-4-6-14(11)24-17(18)19/h3-9,17H,10H2,1-2H3,(H,20,21). The molecule has 0 atom stereocenters. The molecule has 0 bridgehead atoms. The van der Waals surface area contributed by atoms with E-state index in [1.165, 1.54) is 20.3 Å². The van der Waals surface area contributed by atoms with E-state index in [0.29, 0.717) is 22.6 Å². The lowest BCUT2D eigenvalue weighted by Gasteiger charge is -2.13. The minimum Gasteiger partial charge on any atom is -0.497 e. The SMILES string of the molecule is COc1ccc(C(=O)NCc2ccccc2OC(F)F)c(OC)c1. The van der Waals surface area contributed by atoms with Crippen LogP contribution >= 0.6 is 0 Å². The van der Waals surface area contributed by atoms with Gasteiger partial charge in [0.25, 0.3) is 5.91 Å². The Kier molecular flexibility index (Phi) is 5.95. The molecule has 0 radical (unpaired) electrons. The zero-order valence-electron chi connectivity index (χ0n) is 13.2. The third-order valence-electron chi connectivity index (χ3n) is 3.28. The fraction of sp³-hybridized carbons (Fsp3) is 0.235. The fourth-order valence-electron chi connectivity index (χ4n) is 2.12. The van der Waals surface area contributed by atoms with E-state index < -0.39 is 12.5 Å². The topological polar surface area (TPSA) is 56.8 Å². The molecule has 5 nitrogen and oxygen atoms in total. The second-order valence-electron chi connectivity index (χ2n) is 4.74. The summed E-state index contributed by atoms with van der Waals surface area (Å²) in [5.41, 5.74) is 0.754. The highest BCUT2D eigenvalue weighted by Crippen LogP contribution is 2.25. The number of ether oxygens (including phenoxy) is 3. The van der Waals surface area contributed by atoms with Crippen LogP contribution in [0.4, 0.5) is 8.78 Å². The normalized spacial score (nSPS) is 10.4. The van der Waals surface area contributed by atoms with Crippen molar-refractivity contribution in [3.8, 4) is 17.2 Å². The summed E-state index contributed by atoms with van der Waals surface area (Å²) in [5.74, 6) is 0.527. The molecule has 0 fully saturated rings. The number of nitrogens with one attached hydrogen (secondary N) is 1. The quantitative estimate of drug-likeness (QED) is 0.843. The van der Waals surface area contributed by atoms with Gasteiger partial charge in [0.05, 0.1) is 19.8 Å². The average molecular weight is 337 g/mol. The zero-order valence-corrected chi connectivity index (χ0v) is 13.2. The fourth-order valence-corrected chi connectivity index (χ4v) is 2.12. The number of carbonyl (C=O) groups excluding carboxylic acids is 1. The zero-order chi connectivity index (χ0) is 17.5. The molecule has 0 aromatic heterocycles. The molecule has 24 heavy (non-hydrogen) atoms. The predicted molar refractivity (Wildman–Crippen MR) is 83.8 cm³/mol. The molecule has 1 amide bonds. The molecule has 2 aromatic carbocycles. The summed E-state index contributed by atoms with van der Waals surface area (Å²) >= 11 is 0. The second-order valence-corrected chi connectivity index (χ2v) is 4.74. The second kappa shape index (κ2) is 8.14. The van der Waals surface area contributed by atoms with Crippen LogP contribution in [0.25, 0.3) is 0 Å². The highest BCUT2D eigenvalue weighted by Gasteiger charge is 2.15. The first-order valence-electron chi connectivity index (χ1n) is 7.08. The van der Waals surface area contributed by atoms with Gasteiger partial charge in [-0.2, -0.15) is 8.78 Å². The van der Waals surface area contributed by atoms with Crippen molar-refractivity contribution in [3.05, 3.63) is 53.6 Å². The maximum Gasteiger partial charge on any atom is 0.387 e. The van der Waals surface area contributed by atoms with Crippen LogP contribution in [-0.2, 0) is 6.54 Å². The van der Waals surface area contributed by atoms with E-state index in [2.05, 4.69) is 10.1 Å². The van der Waals surface area contributed by atoms with Crippen molar-refractivity contribution in [3.63, 3.8) is 0 Å². The molecule has 128 valence electrons. The van der Waals surface area contributed by atoms with E-state index >= 15 is 0 Å². The summed E-state index contributed by atoms with van der Waals surface area (Å²) in [4.78, 5) is 12.3. The Balaban J connectivity index is 2.11. The minimum absolute atomic E-state index is 0.0227. The molecule has 0 saturated heterocycles. The van der Waals surface area contributed by atoms with E-state index in [1.54, 1.807) is 36.4 Å². The molecule has 2 aromatic rings. The Labute approximate surface area is 138 Å². The number of rotatable bonds is 7. The molecule has 1 N–H and O–H groups in total. The van der Waals surface area contributed by atoms with Crippen LogP contribution in [-0.4, -0.2) is 26.7 Å². The van der Waals surface area contributed by atoms with E-state index in [9.17, 15) is 13.6 Å². The van der Waals surface area contributed by atoms with Gasteiger partial charge in [0.1, 0.15) is 17.2 Å². The number of hydrogen-bond acceptors (Lipinski definition) is 4. The lowest BCUT2D eigenvalue weighted by Crippen LogP contribution is -2.23. The van der Waals surface area contributed by atoms with Gasteiger partial charge >= 0.3 is 6.61 Å².